The molecule has 3 rings (SSSR count). The summed E-state index contributed by atoms with van der Waals surface area (Å²) in [6.07, 6.45) is 1.41. The van der Waals surface area contributed by atoms with Crippen molar-refractivity contribution >= 4 is 43.4 Å². The number of thiazole rings is 1. The molecule has 0 aliphatic carbocycles. The Morgan fingerprint density at radius 1 is 1.18 bits per heavy atom. The van der Waals surface area contributed by atoms with Crippen LogP contribution in [0, 0.1) is 5.82 Å². The topological polar surface area (TPSA) is 94.9 Å². The molecule has 0 spiro atoms. The lowest BCUT2D eigenvalue weighted by Crippen LogP contribution is -2.22. The predicted octanol–water partition coefficient (Wildman–Crippen LogP) is 4.35. The van der Waals surface area contributed by atoms with E-state index >= 15 is 0 Å². The Kier molecular flexibility index (Phi) is 5.20. The van der Waals surface area contributed by atoms with E-state index in [2.05, 4.69) is 9.98 Å². The van der Waals surface area contributed by atoms with E-state index in [1.54, 1.807) is 0 Å². The Bertz CT molecular complexity index is 1180. The van der Waals surface area contributed by atoms with Crippen molar-refractivity contribution in [2.24, 2.45) is 4.99 Å². The van der Waals surface area contributed by atoms with Gasteiger partial charge in [-0.05, 0) is 45.0 Å². The number of hydrogen-bond acceptors (Lipinski definition) is 8. The minimum Gasteiger partial charge on any atom is -0.464 e. The summed E-state index contributed by atoms with van der Waals surface area (Å²) in [6.45, 7) is 5.56. The molecule has 0 amide bonds. The number of aliphatic imine (C=N–C) groups is 1. The number of benzene rings is 2. The lowest BCUT2D eigenvalue weighted by Gasteiger charge is -2.18. The number of ether oxygens (including phenoxy) is 1. The molecule has 0 unspecified atom stereocenters. The van der Waals surface area contributed by atoms with E-state index in [1.165, 1.54) is 18.2 Å². The molecule has 10 heteroatoms. The van der Waals surface area contributed by atoms with Crippen molar-refractivity contribution < 1.29 is 26.5 Å². The average molecular weight is 422 g/mol. The first kappa shape index (κ1) is 19.9. The van der Waals surface area contributed by atoms with Crippen molar-refractivity contribution in [2.75, 3.05) is 0 Å². The lowest BCUT2D eigenvalue weighted by molar-refractivity contribution is 0.130. The van der Waals surface area contributed by atoms with Crippen molar-refractivity contribution in [3.8, 4) is 10.9 Å². The van der Waals surface area contributed by atoms with Gasteiger partial charge in [0.1, 0.15) is 33.3 Å². The van der Waals surface area contributed by atoms with Crippen LogP contribution < -0.4 is 8.92 Å². The molecule has 0 saturated heterocycles. The van der Waals surface area contributed by atoms with Gasteiger partial charge in [0, 0.05) is 12.1 Å². The lowest BCUT2D eigenvalue weighted by atomic mass is 10.2. The van der Waals surface area contributed by atoms with Gasteiger partial charge in [0.05, 0.1) is 4.70 Å². The fourth-order valence-electron chi connectivity index (χ4n) is 2.23. The molecular formula is C18H15FN2O5S2. The molecule has 0 fully saturated rings. The largest absolute Gasteiger partial charge is 0.464 e. The normalized spacial score (nSPS) is 11.9. The van der Waals surface area contributed by atoms with Crippen LogP contribution in [0.1, 0.15) is 20.8 Å². The molecule has 0 radical (unpaired) electrons. The highest BCUT2D eigenvalue weighted by Gasteiger charge is 2.21. The van der Waals surface area contributed by atoms with Gasteiger partial charge in [0.2, 0.25) is 6.08 Å². The fourth-order valence-corrected chi connectivity index (χ4v) is 4.18. The first-order valence-electron chi connectivity index (χ1n) is 7.99. The molecule has 1 aromatic heterocycles. The first-order chi connectivity index (χ1) is 13.1. The summed E-state index contributed by atoms with van der Waals surface area (Å²) in [6, 6.07) is 6.93. The van der Waals surface area contributed by atoms with Crippen LogP contribution in [0.25, 0.3) is 10.2 Å². The molecule has 0 aliphatic rings. The predicted molar refractivity (Wildman–Crippen MR) is 102 cm³/mol. The third-order valence-electron chi connectivity index (χ3n) is 3.30. The van der Waals surface area contributed by atoms with Crippen LogP contribution >= 0.6 is 11.3 Å². The molecule has 0 aliphatic heterocycles. The van der Waals surface area contributed by atoms with E-state index in [0.717, 1.165) is 35.6 Å². The number of carbonyl (C=O) groups excluding carboxylic acids is 1. The summed E-state index contributed by atoms with van der Waals surface area (Å²) in [5, 5.41) is 0.336. The second-order valence-electron chi connectivity index (χ2n) is 6.68. The standard InChI is InChI=1S/C18H15FN2O5S2/c1-18(2,3)25-17-21-16-14(20-10-22)8-12(9-15(16)27-17)26-28(23,24)13-6-4-11(19)5-7-13/h4-9H,1-3H3. The minimum atomic E-state index is -4.21. The van der Waals surface area contributed by atoms with Gasteiger partial charge in [-0.25, -0.2) is 14.2 Å². The monoisotopic (exact) mass is 422 g/mol. The molecule has 0 atom stereocenters. The molecule has 28 heavy (non-hydrogen) atoms. The fraction of sp³-hybridized carbons (Fsp3) is 0.222. The van der Waals surface area contributed by atoms with Crippen molar-refractivity contribution in [2.45, 2.75) is 31.3 Å². The van der Waals surface area contributed by atoms with Gasteiger partial charge in [0.15, 0.2) is 0 Å². The maximum atomic E-state index is 13.0. The molecule has 0 N–H and O–H groups in total. The second kappa shape index (κ2) is 7.31. The van der Waals surface area contributed by atoms with E-state index in [1.807, 2.05) is 20.8 Å². The third kappa shape index (κ3) is 4.53. The summed E-state index contributed by atoms with van der Waals surface area (Å²) >= 11 is 1.15. The van der Waals surface area contributed by atoms with Gasteiger partial charge in [-0.3, -0.25) is 0 Å². The Balaban J connectivity index is 2.03. The smallest absolute Gasteiger partial charge is 0.339 e. The Labute approximate surface area is 164 Å². The highest BCUT2D eigenvalue weighted by Crippen LogP contribution is 2.39. The quantitative estimate of drug-likeness (QED) is 0.345. The zero-order valence-corrected chi connectivity index (χ0v) is 16.7. The van der Waals surface area contributed by atoms with E-state index in [0.29, 0.717) is 15.4 Å². The van der Waals surface area contributed by atoms with Gasteiger partial charge in [0.25, 0.3) is 5.19 Å². The van der Waals surface area contributed by atoms with Crippen LogP contribution in [0.15, 0.2) is 46.3 Å². The van der Waals surface area contributed by atoms with E-state index in [9.17, 15) is 17.6 Å². The van der Waals surface area contributed by atoms with Gasteiger partial charge >= 0.3 is 10.1 Å². The van der Waals surface area contributed by atoms with Crippen LogP contribution in [0.4, 0.5) is 10.1 Å². The minimum absolute atomic E-state index is 0.0724. The van der Waals surface area contributed by atoms with Crippen molar-refractivity contribution in [3.05, 3.63) is 42.2 Å². The van der Waals surface area contributed by atoms with Crippen LogP contribution in [-0.2, 0) is 14.9 Å². The number of aromatic nitrogens is 1. The maximum absolute atomic E-state index is 13.0. The van der Waals surface area contributed by atoms with Gasteiger partial charge < -0.3 is 8.92 Å². The van der Waals surface area contributed by atoms with Gasteiger partial charge in [-0.1, -0.05) is 11.3 Å². The first-order valence-corrected chi connectivity index (χ1v) is 10.2. The summed E-state index contributed by atoms with van der Waals surface area (Å²) in [4.78, 5) is 18.4. The molecule has 0 saturated carbocycles. The zero-order chi connectivity index (χ0) is 20.5. The maximum Gasteiger partial charge on any atom is 0.339 e. The van der Waals surface area contributed by atoms with Crippen LogP contribution in [0.5, 0.6) is 10.9 Å². The number of hydrogen-bond donors (Lipinski definition) is 0. The van der Waals surface area contributed by atoms with Crippen molar-refractivity contribution in [3.63, 3.8) is 0 Å². The highest BCUT2D eigenvalue weighted by molar-refractivity contribution is 7.87. The SMILES string of the molecule is CC(C)(C)Oc1nc2c(N=C=O)cc(OS(=O)(=O)c3ccc(F)cc3)cc2s1. The molecule has 2 aromatic carbocycles. The highest BCUT2D eigenvalue weighted by atomic mass is 32.2. The van der Waals surface area contributed by atoms with Crippen molar-refractivity contribution in [1.82, 2.24) is 4.98 Å². The number of halogens is 1. The molecule has 146 valence electrons. The van der Waals surface area contributed by atoms with E-state index in [4.69, 9.17) is 8.92 Å². The number of rotatable bonds is 5. The molecular weight excluding hydrogens is 407 g/mol. The Morgan fingerprint density at radius 3 is 2.46 bits per heavy atom. The number of nitrogens with zero attached hydrogens (tertiary/aromatic N) is 2. The van der Waals surface area contributed by atoms with Crippen LogP contribution in [0.3, 0.4) is 0 Å². The summed E-state index contributed by atoms with van der Waals surface area (Å²) < 4.78 is 49.2. The summed E-state index contributed by atoms with van der Waals surface area (Å²) in [5.74, 6) is -0.643. The summed E-state index contributed by atoms with van der Waals surface area (Å²) in [7, 11) is -4.21. The number of isocyanates is 1. The molecule has 7 nitrogen and oxygen atoms in total. The van der Waals surface area contributed by atoms with Crippen molar-refractivity contribution in [1.29, 1.82) is 0 Å². The molecule has 3 aromatic rings. The van der Waals surface area contributed by atoms with E-state index in [-0.39, 0.29) is 16.3 Å². The van der Waals surface area contributed by atoms with Crippen LogP contribution in [0.2, 0.25) is 0 Å². The third-order valence-corrected chi connectivity index (χ3v) is 5.44. The zero-order valence-electron chi connectivity index (χ0n) is 15.1. The second-order valence-corrected chi connectivity index (χ2v) is 9.22. The molecule has 1 heterocycles. The van der Waals surface area contributed by atoms with Crippen LogP contribution in [-0.4, -0.2) is 25.1 Å². The average Bonchev–Trinajstić information content (AvgIpc) is 2.95. The van der Waals surface area contributed by atoms with E-state index < -0.39 is 21.5 Å². The Hall–Kier alpha value is -2.81. The van der Waals surface area contributed by atoms with Gasteiger partial charge in [-0.15, -0.1) is 0 Å². The van der Waals surface area contributed by atoms with Gasteiger partial charge in [-0.2, -0.15) is 13.4 Å². The Morgan fingerprint density at radius 2 is 1.86 bits per heavy atom. The molecule has 0 bridgehead atoms. The number of fused-ring (bicyclic) bond motifs is 1. The summed E-state index contributed by atoms with van der Waals surface area (Å²) in [5.41, 5.74) is -0.0383.